The van der Waals surface area contributed by atoms with Gasteiger partial charge in [0.25, 0.3) is 0 Å². The smallest absolute Gasteiger partial charge is 0.206 e. The molecular weight excluding hydrogens is 285 g/mol. The number of anilines is 1. The summed E-state index contributed by atoms with van der Waals surface area (Å²) in [7, 11) is 0. The molecule has 1 heterocycles. The Bertz CT molecular complexity index is 518. The lowest BCUT2D eigenvalue weighted by atomic mass is 10.1. The summed E-state index contributed by atoms with van der Waals surface area (Å²) in [5, 5.41) is 21.8. The van der Waals surface area contributed by atoms with Gasteiger partial charge in [0.1, 0.15) is 5.82 Å². The van der Waals surface area contributed by atoms with Crippen LogP contribution in [0.1, 0.15) is 18.6 Å². The van der Waals surface area contributed by atoms with Crippen LogP contribution in [0.5, 0.6) is 0 Å². The average Bonchev–Trinajstić information content (AvgIpc) is 2.85. The number of halogens is 1. The standard InChI is InChI=1S/C12H14FN3OS2/c1-2-14-11-15-16-12(19-11)18-7-10(17)8-3-5-9(13)6-4-8/h3-6,10,17H,2,7H2,1H3,(H,14,15)/t10-/m0/s1. The summed E-state index contributed by atoms with van der Waals surface area (Å²) in [5.41, 5.74) is 0.699. The van der Waals surface area contributed by atoms with Crippen molar-refractivity contribution in [3.8, 4) is 0 Å². The molecule has 19 heavy (non-hydrogen) atoms. The van der Waals surface area contributed by atoms with E-state index in [9.17, 15) is 9.50 Å². The highest BCUT2D eigenvalue weighted by atomic mass is 32.2. The molecule has 0 unspecified atom stereocenters. The zero-order chi connectivity index (χ0) is 13.7. The van der Waals surface area contributed by atoms with Crippen LogP contribution in [0.15, 0.2) is 28.6 Å². The molecule has 0 bridgehead atoms. The van der Waals surface area contributed by atoms with Gasteiger partial charge in [-0.3, -0.25) is 0 Å². The third kappa shape index (κ3) is 4.15. The van der Waals surface area contributed by atoms with Gasteiger partial charge >= 0.3 is 0 Å². The topological polar surface area (TPSA) is 58.0 Å². The lowest BCUT2D eigenvalue weighted by Gasteiger charge is -2.08. The summed E-state index contributed by atoms with van der Waals surface area (Å²) < 4.78 is 13.6. The molecule has 7 heteroatoms. The van der Waals surface area contributed by atoms with Gasteiger partial charge in [-0.05, 0) is 24.6 Å². The zero-order valence-corrected chi connectivity index (χ0v) is 12.0. The molecule has 0 spiro atoms. The van der Waals surface area contributed by atoms with E-state index in [1.807, 2.05) is 6.92 Å². The van der Waals surface area contributed by atoms with Gasteiger partial charge in [-0.1, -0.05) is 35.2 Å². The number of hydrogen-bond donors (Lipinski definition) is 2. The quantitative estimate of drug-likeness (QED) is 0.803. The minimum absolute atomic E-state index is 0.303. The maximum absolute atomic E-state index is 12.8. The number of rotatable bonds is 6. The van der Waals surface area contributed by atoms with Crippen molar-refractivity contribution in [2.75, 3.05) is 17.6 Å². The molecule has 0 radical (unpaired) electrons. The molecule has 0 aliphatic rings. The Morgan fingerprint density at radius 1 is 1.37 bits per heavy atom. The molecule has 2 aromatic rings. The van der Waals surface area contributed by atoms with Crippen molar-refractivity contribution >= 4 is 28.2 Å². The fourth-order valence-corrected chi connectivity index (χ4v) is 3.24. The monoisotopic (exact) mass is 299 g/mol. The average molecular weight is 299 g/mol. The summed E-state index contributed by atoms with van der Waals surface area (Å²) >= 11 is 2.89. The number of nitrogens with zero attached hydrogens (tertiary/aromatic N) is 2. The maximum Gasteiger partial charge on any atom is 0.206 e. The van der Waals surface area contributed by atoms with Gasteiger partial charge < -0.3 is 10.4 Å². The second kappa shape index (κ2) is 6.83. The van der Waals surface area contributed by atoms with Gasteiger partial charge in [0.05, 0.1) is 6.10 Å². The molecule has 0 aliphatic carbocycles. The minimum atomic E-state index is -0.642. The highest BCUT2D eigenvalue weighted by Crippen LogP contribution is 2.29. The van der Waals surface area contributed by atoms with Crippen molar-refractivity contribution in [3.63, 3.8) is 0 Å². The number of aliphatic hydroxyl groups is 1. The summed E-state index contributed by atoms with van der Waals surface area (Å²) in [6.45, 7) is 2.80. The number of nitrogens with one attached hydrogen (secondary N) is 1. The summed E-state index contributed by atoms with van der Waals surface area (Å²) in [6, 6.07) is 5.87. The van der Waals surface area contributed by atoms with Crippen LogP contribution in [0.2, 0.25) is 0 Å². The van der Waals surface area contributed by atoms with Gasteiger partial charge in [-0.25, -0.2) is 4.39 Å². The number of benzene rings is 1. The Kier molecular flexibility index (Phi) is 5.12. The van der Waals surface area contributed by atoms with Crippen molar-refractivity contribution in [2.24, 2.45) is 0 Å². The second-order valence-corrected chi connectivity index (χ2v) is 6.03. The molecule has 0 fully saturated rings. The third-order valence-electron chi connectivity index (χ3n) is 2.35. The van der Waals surface area contributed by atoms with Crippen LogP contribution in [0.4, 0.5) is 9.52 Å². The van der Waals surface area contributed by atoms with E-state index in [0.29, 0.717) is 11.3 Å². The predicted molar refractivity (Wildman–Crippen MR) is 76.2 cm³/mol. The normalized spacial score (nSPS) is 12.4. The molecule has 0 aliphatic heterocycles. The first kappa shape index (κ1) is 14.2. The molecule has 1 aromatic carbocycles. The van der Waals surface area contributed by atoms with Crippen molar-refractivity contribution in [2.45, 2.75) is 17.4 Å². The molecule has 0 saturated carbocycles. The second-order valence-electron chi connectivity index (χ2n) is 3.78. The van der Waals surface area contributed by atoms with Crippen LogP contribution in [-0.2, 0) is 0 Å². The van der Waals surface area contributed by atoms with E-state index in [0.717, 1.165) is 16.0 Å². The molecule has 1 aromatic heterocycles. The highest BCUT2D eigenvalue weighted by Gasteiger charge is 2.11. The Hall–Kier alpha value is -1.18. The molecule has 2 rings (SSSR count). The van der Waals surface area contributed by atoms with E-state index in [1.54, 1.807) is 12.1 Å². The first-order chi connectivity index (χ1) is 9.19. The van der Waals surface area contributed by atoms with Gasteiger partial charge in [-0.15, -0.1) is 10.2 Å². The summed E-state index contributed by atoms with van der Waals surface area (Å²) in [6.07, 6.45) is -0.642. The lowest BCUT2D eigenvalue weighted by Crippen LogP contribution is -2.00. The molecule has 102 valence electrons. The van der Waals surface area contributed by atoms with Crippen LogP contribution in [0.25, 0.3) is 0 Å². The van der Waals surface area contributed by atoms with Gasteiger partial charge in [0, 0.05) is 12.3 Å². The van der Waals surface area contributed by atoms with E-state index in [2.05, 4.69) is 15.5 Å². The Morgan fingerprint density at radius 3 is 2.79 bits per heavy atom. The maximum atomic E-state index is 12.8. The first-order valence-electron chi connectivity index (χ1n) is 5.82. The van der Waals surface area contributed by atoms with E-state index in [4.69, 9.17) is 0 Å². The number of hydrogen-bond acceptors (Lipinski definition) is 6. The van der Waals surface area contributed by atoms with Crippen LogP contribution in [-0.4, -0.2) is 27.6 Å². The van der Waals surface area contributed by atoms with Crippen molar-refractivity contribution < 1.29 is 9.50 Å². The van der Waals surface area contributed by atoms with E-state index in [-0.39, 0.29) is 5.82 Å². The van der Waals surface area contributed by atoms with Crippen LogP contribution >= 0.6 is 23.1 Å². The van der Waals surface area contributed by atoms with Crippen LogP contribution < -0.4 is 5.32 Å². The largest absolute Gasteiger partial charge is 0.388 e. The van der Waals surface area contributed by atoms with Crippen molar-refractivity contribution in [1.82, 2.24) is 10.2 Å². The van der Waals surface area contributed by atoms with Crippen molar-refractivity contribution in [1.29, 1.82) is 0 Å². The predicted octanol–water partition coefficient (Wildman–Crippen LogP) is 2.93. The fraction of sp³-hybridized carbons (Fsp3) is 0.333. The van der Waals surface area contributed by atoms with Gasteiger partial charge in [0.2, 0.25) is 5.13 Å². The Morgan fingerprint density at radius 2 is 2.11 bits per heavy atom. The minimum Gasteiger partial charge on any atom is -0.388 e. The lowest BCUT2D eigenvalue weighted by molar-refractivity contribution is 0.204. The summed E-state index contributed by atoms with van der Waals surface area (Å²) in [5.74, 6) is 0.162. The Labute approximate surface area is 119 Å². The highest BCUT2D eigenvalue weighted by molar-refractivity contribution is 8.01. The number of aliphatic hydroxyl groups excluding tert-OH is 1. The van der Waals surface area contributed by atoms with Gasteiger partial charge in [-0.2, -0.15) is 0 Å². The first-order valence-corrected chi connectivity index (χ1v) is 7.63. The van der Waals surface area contributed by atoms with Gasteiger partial charge in [0.15, 0.2) is 4.34 Å². The zero-order valence-electron chi connectivity index (χ0n) is 10.3. The van der Waals surface area contributed by atoms with E-state index >= 15 is 0 Å². The molecule has 0 saturated heterocycles. The van der Waals surface area contributed by atoms with E-state index in [1.165, 1.54) is 35.2 Å². The molecule has 0 amide bonds. The van der Waals surface area contributed by atoms with Crippen LogP contribution in [0, 0.1) is 5.82 Å². The van der Waals surface area contributed by atoms with Crippen molar-refractivity contribution in [3.05, 3.63) is 35.6 Å². The molecule has 2 N–H and O–H groups in total. The molecule has 1 atom stereocenters. The summed E-state index contributed by atoms with van der Waals surface area (Å²) in [4.78, 5) is 0. The molecular formula is C12H14FN3OS2. The molecule has 4 nitrogen and oxygen atoms in total. The van der Waals surface area contributed by atoms with Crippen LogP contribution in [0.3, 0.4) is 0 Å². The Balaban J connectivity index is 1.88. The fourth-order valence-electron chi connectivity index (χ4n) is 1.42. The number of thioether (sulfide) groups is 1. The number of aromatic nitrogens is 2. The van der Waals surface area contributed by atoms with E-state index < -0.39 is 6.10 Å². The third-order valence-corrected chi connectivity index (χ3v) is 4.44. The SMILES string of the molecule is CCNc1nnc(SC[C@H](O)c2ccc(F)cc2)s1.